The average molecular weight is 383 g/mol. The Hall–Kier alpha value is -3.21. The van der Waals surface area contributed by atoms with Gasteiger partial charge in [-0.2, -0.15) is 5.26 Å². The molecule has 3 atom stereocenters. The van der Waals surface area contributed by atoms with Crippen LogP contribution < -0.4 is 5.32 Å². The van der Waals surface area contributed by atoms with Crippen molar-refractivity contribution in [2.24, 2.45) is 11.8 Å². The molecule has 0 aromatic heterocycles. The summed E-state index contributed by atoms with van der Waals surface area (Å²) in [7, 11) is 0. The Morgan fingerprint density at radius 2 is 1.75 bits per heavy atom. The minimum Gasteiger partial charge on any atom is -0.454 e. The number of amides is 3. The molecule has 1 aliphatic heterocycles. The molecule has 8 heteroatoms. The van der Waals surface area contributed by atoms with E-state index in [0.29, 0.717) is 24.1 Å². The Labute approximate surface area is 162 Å². The third-order valence-corrected chi connectivity index (χ3v) is 5.25. The summed E-state index contributed by atoms with van der Waals surface area (Å²) in [4.78, 5) is 50.3. The second-order valence-corrected chi connectivity index (χ2v) is 7.06. The lowest BCUT2D eigenvalue weighted by Gasteiger charge is -2.21. The summed E-state index contributed by atoms with van der Waals surface area (Å²) in [5.41, 5.74) is 0.917. The lowest BCUT2D eigenvalue weighted by atomic mass is 9.81. The Morgan fingerprint density at radius 1 is 1.18 bits per heavy atom. The van der Waals surface area contributed by atoms with E-state index in [0.717, 1.165) is 17.7 Å². The molecule has 146 valence electrons. The maximum Gasteiger partial charge on any atom is 0.329 e. The van der Waals surface area contributed by atoms with Crippen molar-refractivity contribution in [3.8, 4) is 6.07 Å². The van der Waals surface area contributed by atoms with Gasteiger partial charge in [-0.15, -0.1) is 0 Å². The van der Waals surface area contributed by atoms with Gasteiger partial charge in [-0.1, -0.05) is 12.8 Å². The number of anilines is 1. The van der Waals surface area contributed by atoms with Crippen molar-refractivity contribution >= 4 is 29.4 Å². The van der Waals surface area contributed by atoms with Gasteiger partial charge in [0.1, 0.15) is 6.04 Å². The quantitative estimate of drug-likeness (QED) is 0.610. The molecule has 1 heterocycles. The summed E-state index contributed by atoms with van der Waals surface area (Å²) in [6.45, 7) is 0.903. The molecule has 0 spiro atoms. The second kappa shape index (κ2) is 8.21. The number of likely N-dealkylation sites (tertiary alicyclic amines) is 1. The van der Waals surface area contributed by atoms with Crippen molar-refractivity contribution in [1.29, 1.82) is 5.26 Å². The van der Waals surface area contributed by atoms with Crippen LogP contribution in [0.4, 0.5) is 5.69 Å². The zero-order chi connectivity index (χ0) is 20.3. The van der Waals surface area contributed by atoms with E-state index in [-0.39, 0.29) is 23.7 Å². The number of imide groups is 1. The van der Waals surface area contributed by atoms with E-state index in [1.165, 1.54) is 6.92 Å². The maximum absolute atomic E-state index is 12.5. The zero-order valence-electron chi connectivity index (χ0n) is 15.5. The molecule has 0 radical (unpaired) electrons. The molecule has 3 rings (SSSR count). The first-order chi connectivity index (χ1) is 13.4. The summed E-state index contributed by atoms with van der Waals surface area (Å²) in [5.74, 6) is -2.66. The number of esters is 1. The van der Waals surface area contributed by atoms with Crippen LogP contribution in [0.2, 0.25) is 0 Å². The molecule has 1 saturated heterocycles. The number of benzene rings is 1. The minimum absolute atomic E-state index is 0.318. The van der Waals surface area contributed by atoms with Gasteiger partial charge in [-0.05, 0) is 44.0 Å². The standard InChI is InChI=1S/C20H21N3O5/c1-12(23-18(25)15-4-2-3-5-16(15)19(23)26)20(27)28-11-17(24)22-14-8-6-13(10-21)7-9-14/h6-9,12,15-16H,2-5,11H2,1H3,(H,22,24)/t12-,15+,16+/m0/s1. The van der Waals surface area contributed by atoms with Crippen LogP contribution in [0.1, 0.15) is 38.2 Å². The fourth-order valence-corrected chi connectivity index (χ4v) is 3.76. The molecule has 1 N–H and O–H groups in total. The molecule has 0 bridgehead atoms. The fraction of sp³-hybridized carbons (Fsp3) is 0.450. The Kier molecular flexibility index (Phi) is 5.73. The van der Waals surface area contributed by atoms with Gasteiger partial charge in [0.2, 0.25) is 11.8 Å². The first kappa shape index (κ1) is 19.5. The lowest BCUT2D eigenvalue weighted by Crippen LogP contribution is -2.45. The first-order valence-electron chi connectivity index (χ1n) is 9.26. The predicted octanol–water partition coefficient (Wildman–Crippen LogP) is 1.60. The summed E-state index contributed by atoms with van der Waals surface area (Å²) in [5, 5.41) is 11.3. The summed E-state index contributed by atoms with van der Waals surface area (Å²) >= 11 is 0. The van der Waals surface area contributed by atoms with Gasteiger partial charge in [-0.25, -0.2) is 4.79 Å². The van der Waals surface area contributed by atoms with Crippen molar-refractivity contribution in [2.45, 2.75) is 38.6 Å². The van der Waals surface area contributed by atoms with E-state index in [2.05, 4.69) is 5.32 Å². The number of nitrogens with zero attached hydrogens (tertiary/aromatic N) is 2. The molecule has 8 nitrogen and oxygen atoms in total. The Bertz CT molecular complexity index is 818. The smallest absolute Gasteiger partial charge is 0.329 e. The topological polar surface area (TPSA) is 117 Å². The molecule has 3 amide bonds. The van der Waals surface area contributed by atoms with Crippen molar-refractivity contribution in [2.75, 3.05) is 11.9 Å². The number of carbonyl (C=O) groups is 4. The highest BCUT2D eigenvalue weighted by atomic mass is 16.5. The van der Waals surface area contributed by atoms with Crippen LogP contribution in [0.5, 0.6) is 0 Å². The van der Waals surface area contributed by atoms with E-state index in [9.17, 15) is 19.2 Å². The van der Waals surface area contributed by atoms with Crippen molar-refractivity contribution in [3.05, 3.63) is 29.8 Å². The van der Waals surface area contributed by atoms with Gasteiger partial charge in [0.25, 0.3) is 5.91 Å². The van der Waals surface area contributed by atoms with E-state index < -0.39 is 24.5 Å². The highest BCUT2D eigenvalue weighted by molar-refractivity contribution is 6.08. The molecule has 2 fully saturated rings. The largest absolute Gasteiger partial charge is 0.454 e. The third kappa shape index (κ3) is 3.88. The minimum atomic E-state index is -1.06. The molecular formula is C20H21N3O5. The highest BCUT2D eigenvalue weighted by Crippen LogP contribution is 2.38. The average Bonchev–Trinajstić information content (AvgIpc) is 2.97. The molecule has 28 heavy (non-hydrogen) atoms. The third-order valence-electron chi connectivity index (χ3n) is 5.25. The van der Waals surface area contributed by atoms with Gasteiger partial charge >= 0.3 is 5.97 Å². The van der Waals surface area contributed by atoms with Gasteiger partial charge < -0.3 is 10.1 Å². The van der Waals surface area contributed by atoms with Crippen LogP contribution in [0.15, 0.2) is 24.3 Å². The summed E-state index contributed by atoms with van der Waals surface area (Å²) in [6.07, 6.45) is 3.14. The van der Waals surface area contributed by atoms with Gasteiger partial charge in [-0.3, -0.25) is 19.3 Å². The number of nitrogens with one attached hydrogen (secondary N) is 1. The number of ether oxygens (including phenoxy) is 1. The predicted molar refractivity (Wildman–Crippen MR) is 97.5 cm³/mol. The fourth-order valence-electron chi connectivity index (χ4n) is 3.76. The molecular weight excluding hydrogens is 362 g/mol. The number of nitriles is 1. The van der Waals surface area contributed by atoms with Gasteiger partial charge in [0.05, 0.1) is 23.5 Å². The van der Waals surface area contributed by atoms with E-state index in [1.54, 1.807) is 24.3 Å². The zero-order valence-corrected chi connectivity index (χ0v) is 15.5. The molecule has 2 aliphatic rings. The van der Waals surface area contributed by atoms with E-state index in [4.69, 9.17) is 10.00 Å². The molecule has 1 aromatic rings. The summed E-state index contributed by atoms with van der Waals surface area (Å²) < 4.78 is 5.00. The van der Waals surface area contributed by atoms with E-state index in [1.807, 2.05) is 6.07 Å². The Morgan fingerprint density at radius 3 is 2.29 bits per heavy atom. The SMILES string of the molecule is C[C@@H](C(=O)OCC(=O)Nc1ccc(C#N)cc1)N1C(=O)[C@@H]2CCCC[C@H]2C1=O. The lowest BCUT2D eigenvalue weighted by molar-refractivity contribution is -0.159. The summed E-state index contributed by atoms with van der Waals surface area (Å²) in [6, 6.07) is 7.13. The normalized spacial score (nSPS) is 22.2. The van der Waals surface area contributed by atoms with Crippen molar-refractivity contribution < 1.29 is 23.9 Å². The number of hydrogen-bond acceptors (Lipinski definition) is 6. The van der Waals surface area contributed by atoms with Crippen LogP contribution in [-0.2, 0) is 23.9 Å². The monoisotopic (exact) mass is 383 g/mol. The van der Waals surface area contributed by atoms with Crippen LogP contribution >= 0.6 is 0 Å². The maximum atomic E-state index is 12.5. The second-order valence-electron chi connectivity index (χ2n) is 7.06. The van der Waals surface area contributed by atoms with Gasteiger partial charge in [0, 0.05) is 5.69 Å². The Balaban J connectivity index is 1.54. The number of fused-ring (bicyclic) bond motifs is 1. The van der Waals surface area contributed by atoms with Gasteiger partial charge in [0.15, 0.2) is 6.61 Å². The molecule has 1 aliphatic carbocycles. The van der Waals surface area contributed by atoms with Crippen LogP contribution in [0, 0.1) is 23.2 Å². The van der Waals surface area contributed by atoms with E-state index >= 15 is 0 Å². The first-order valence-corrected chi connectivity index (χ1v) is 9.26. The van der Waals surface area contributed by atoms with Crippen LogP contribution in [0.3, 0.4) is 0 Å². The molecule has 1 aromatic carbocycles. The molecule has 0 unspecified atom stereocenters. The number of carbonyl (C=O) groups excluding carboxylic acids is 4. The number of rotatable bonds is 5. The highest BCUT2D eigenvalue weighted by Gasteiger charge is 2.51. The van der Waals surface area contributed by atoms with Crippen molar-refractivity contribution in [3.63, 3.8) is 0 Å². The number of hydrogen-bond donors (Lipinski definition) is 1. The van der Waals surface area contributed by atoms with Crippen LogP contribution in [0.25, 0.3) is 0 Å². The van der Waals surface area contributed by atoms with Crippen molar-refractivity contribution in [1.82, 2.24) is 4.90 Å². The van der Waals surface area contributed by atoms with Crippen LogP contribution in [-0.4, -0.2) is 41.2 Å². The molecule has 1 saturated carbocycles.